The molecule has 0 aromatic rings. The zero-order chi connectivity index (χ0) is 13.9. The van der Waals surface area contributed by atoms with Gasteiger partial charge >= 0.3 is 0 Å². The minimum absolute atomic E-state index is 0.135. The summed E-state index contributed by atoms with van der Waals surface area (Å²) in [6, 6.07) is 0. The maximum atomic E-state index is 6.21. The molecule has 1 nitrogen and oxygen atoms in total. The van der Waals surface area contributed by atoms with E-state index in [0.717, 1.165) is 0 Å². The van der Waals surface area contributed by atoms with Crippen LogP contribution in [0, 0.1) is 22.2 Å². The van der Waals surface area contributed by atoms with E-state index in [2.05, 4.69) is 59.6 Å². The lowest BCUT2D eigenvalue weighted by molar-refractivity contribution is 0.0580. The van der Waals surface area contributed by atoms with Crippen LogP contribution in [0.1, 0.15) is 59.8 Å². The van der Waals surface area contributed by atoms with Crippen molar-refractivity contribution in [3.05, 3.63) is 0 Å². The van der Waals surface area contributed by atoms with Gasteiger partial charge in [-0.3, -0.25) is 0 Å². The van der Waals surface area contributed by atoms with Gasteiger partial charge in [-0.15, -0.1) is 0 Å². The number of rotatable bonds is 0. The Labute approximate surface area is 133 Å². The lowest BCUT2D eigenvalue weighted by atomic mass is 9.59. The highest BCUT2D eigenvalue weighted by molar-refractivity contribution is 9.25. The highest BCUT2D eigenvalue weighted by Gasteiger charge is 2.90. The summed E-state index contributed by atoms with van der Waals surface area (Å²) in [5.74, 6) is 0.685. The van der Waals surface area contributed by atoms with Crippen molar-refractivity contribution in [3.8, 4) is 0 Å². The molecular weight excluding hydrogens is 368 g/mol. The van der Waals surface area contributed by atoms with E-state index in [0.29, 0.717) is 28.3 Å². The maximum absolute atomic E-state index is 6.21. The van der Waals surface area contributed by atoms with E-state index < -0.39 is 0 Å². The van der Waals surface area contributed by atoms with Crippen LogP contribution in [0.4, 0.5) is 0 Å². The molecule has 5 atom stereocenters. The number of epoxide rings is 1. The first kappa shape index (κ1) is 13.6. The zero-order valence-electron chi connectivity index (χ0n) is 12.4. The lowest BCUT2D eigenvalue weighted by Crippen LogP contribution is -2.44. The molecule has 1 aliphatic heterocycles. The van der Waals surface area contributed by atoms with Crippen molar-refractivity contribution in [1.82, 2.24) is 0 Å². The van der Waals surface area contributed by atoms with Crippen LogP contribution in [0.3, 0.4) is 0 Å². The van der Waals surface area contributed by atoms with Gasteiger partial charge in [-0.2, -0.15) is 0 Å². The lowest BCUT2D eigenvalue weighted by Gasteiger charge is -2.43. The van der Waals surface area contributed by atoms with Crippen LogP contribution >= 0.6 is 31.9 Å². The molecule has 0 aromatic heterocycles. The Kier molecular flexibility index (Phi) is 2.36. The van der Waals surface area contributed by atoms with Crippen molar-refractivity contribution in [2.24, 2.45) is 22.2 Å². The van der Waals surface area contributed by atoms with E-state index in [4.69, 9.17) is 4.74 Å². The number of ether oxygens (including phenoxy) is 1. The van der Waals surface area contributed by atoms with Gasteiger partial charge in [0, 0.05) is 16.7 Å². The summed E-state index contributed by atoms with van der Waals surface area (Å²) in [7, 11) is 0. The van der Waals surface area contributed by atoms with Crippen molar-refractivity contribution >= 4 is 31.9 Å². The van der Waals surface area contributed by atoms with Crippen molar-refractivity contribution in [3.63, 3.8) is 0 Å². The van der Waals surface area contributed by atoms with E-state index in [1.165, 1.54) is 32.1 Å². The zero-order valence-corrected chi connectivity index (χ0v) is 15.5. The van der Waals surface area contributed by atoms with Gasteiger partial charge in [-0.1, -0.05) is 59.1 Å². The quantitative estimate of drug-likeness (QED) is 0.405. The fourth-order valence-electron chi connectivity index (χ4n) is 6.01. The standard InChI is InChI=1S/C16H24Br2O/c1-12(2)6-5-7-14(4)15(16(14,17)18)9-8-13(3)11(19-13)10(12)15/h10-11H,5-9H2,1-4H3/t10-,11-,13+,14-,15+/m1/s1. The third kappa shape index (κ3) is 1.25. The minimum atomic E-state index is 0.135. The monoisotopic (exact) mass is 390 g/mol. The molecule has 4 rings (SSSR count). The fourth-order valence-corrected chi connectivity index (χ4v) is 8.68. The number of fused-ring (bicyclic) bond motifs is 2. The number of hydrogen-bond acceptors (Lipinski definition) is 1. The van der Waals surface area contributed by atoms with E-state index in [9.17, 15) is 0 Å². The largest absolute Gasteiger partial charge is 0.366 e. The topological polar surface area (TPSA) is 12.5 Å². The van der Waals surface area contributed by atoms with Gasteiger partial charge in [0.25, 0.3) is 0 Å². The molecule has 0 radical (unpaired) electrons. The molecule has 0 unspecified atom stereocenters. The average Bonchev–Trinajstić information content (AvgIpc) is 3.06. The van der Waals surface area contributed by atoms with Crippen LogP contribution < -0.4 is 0 Å². The second-order valence-electron chi connectivity index (χ2n) is 8.55. The summed E-state index contributed by atoms with van der Waals surface area (Å²) < 4.78 is 6.35. The summed E-state index contributed by atoms with van der Waals surface area (Å²) in [6.07, 6.45) is 7.07. The van der Waals surface area contributed by atoms with E-state index in [1.54, 1.807) is 0 Å². The van der Waals surface area contributed by atoms with Crippen LogP contribution in [0.5, 0.6) is 0 Å². The number of alkyl halides is 2. The van der Waals surface area contributed by atoms with E-state index in [1.807, 2.05) is 0 Å². The van der Waals surface area contributed by atoms with Gasteiger partial charge in [0.2, 0.25) is 0 Å². The molecule has 3 aliphatic carbocycles. The van der Waals surface area contributed by atoms with Crippen LogP contribution in [0.15, 0.2) is 0 Å². The van der Waals surface area contributed by atoms with Gasteiger partial charge < -0.3 is 4.74 Å². The predicted octanol–water partition coefficient (Wildman–Crippen LogP) is 5.26. The summed E-state index contributed by atoms with van der Waals surface area (Å²) in [5, 5.41) is 0. The molecule has 3 saturated carbocycles. The van der Waals surface area contributed by atoms with Gasteiger partial charge in [0.05, 0.1) is 14.9 Å². The van der Waals surface area contributed by atoms with Gasteiger partial charge in [-0.05, 0) is 38.0 Å². The highest BCUT2D eigenvalue weighted by Crippen LogP contribution is 2.91. The third-order valence-corrected chi connectivity index (χ3v) is 10.5. The molecule has 0 aromatic carbocycles. The Hall–Kier alpha value is 0.920. The Morgan fingerprint density at radius 2 is 1.63 bits per heavy atom. The van der Waals surface area contributed by atoms with Crippen LogP contribution in [0.25, 0.3) is 0 Å². The normalized spacial score (nSPS) is 60.3. The molecule has 0 bridgehead atoms. The van der Waals surface area contributed by atoms with E-state index >= 15 is 0 Å². The van der Waals surface area contributed by atoms with Crippen molar-refractivity contribution in [2.75, 3.05) is 0 Å². The first-order valence-corrected chi connectivity index (χ1v) is 9.27. The summed E-state index contributed by atoms with van der Waals surface area (Å²) >= 11 is 8.16. The Morgan fingerprint density at radius 3 is 2.32 bits per heavy atom. The Morgan fingerprint density at radius 1 is 0.947 bits per heavy atom. The first-order valence-electron chi connectivity index (χ1n) is 7.68. The molecular formula is C16H24Br2O. The van der Waals surface area contributed by atoms with Crippen LogP contribution in [-0.4, -0.2) is 14.9 Å². The molecule has 0 N–H and O–H groups in total. The molecule has 108 valence electrons. The van der Waals surface area contributed by atoms with Crippen LogP contribution in [0.2, 0.25) is 0 Å². The minimum Gasteiger partial charge on any atom is -0.366 e. The molecule has 1 saturated heterocycles. The SMILES string of the molecule is CC1(C)CCC[C@@]2(C)C(Br)(Br)[C@]23CC[C@]2(C)O[C@@H]2[C@H]13. The Bertz CT molecular complexity index is 460. The second-order valence-corrected chi connectivity index (χ2v) is 12.0. The van der Waals surface area contributed by atoms with Crippen molar-refractivity contribution in [2.45, 2.75) is 74.7 Å². The first-order chi connectivity index (χ1) is 8.63. The molecule has 19 heavy (non-hydrogen) atoms. The third-order valence-electron chi connectivity index (χ3n) is 7.31. The summed E-state index contributed by atoms with van der Waals surface area (Å²) in [4.78, 5) is 0. The van der Waals surface area contributed by atoms with Gasteiger partial charge in [0.1, 0.15) is 0 Å². The maximum Gasteiger partial charge on any atom is 0.0930 e. The van der Waals surface area contributed by atoms with Gasteiger partial charge in [-0.25, -0.2) is 0 Å². The summed E-state index contributed by atoms with van der Waals surface area (Å²) in [5.41, 5.74) is 1.37. The van der Waals surface area contributed by atoms with Crippen molar-refractivity contribution in [1.29, 1.82) is 0 Å². The molecule has 1 spiro atoms. The predicted molar refractivity (Wildman–Crippen MR) is 84.8 cm³/mol. The van der Waals surface area contributed by atoms with Crippen molar-refractivity contribution < 1.29 is 4.74 Å². The van der Waals surface area contributed by atoms with Crippen LogP contribution in [-0.2, 0) is 4.74 Å². The second kappa shape index (κ2) is 3.30. The molecule has 0 amide bonds. The molecule has 4 fully saturated rings. The highest BCUT2D eigenvalue weighted by atomic mass is 79.9. The van der Waals surface area contributed by atoms with Gasteiger partial charge in [0.15, 0.2) is 0 Å². The molecule has 4 aliphatic rings. The van der Waals surface area contributed by atoms with E-state index in [-0.39, 0.29) is 8.83 Å². The number of hydrogen-bond donors (Lipinski definition) is 0. The fraction of sp³-hybridized carbons (Fsp3) is 1.00. The molecule has 1 heterocycles. The number of halogens is 2. The smallest absolute Gasteiger partial charge is 0.0930 e. The average molecular weight is 392 g/mol. The summed E-state index contributed by atoms with van der Waals surface area (Å²) in [6.45, 7) is 9.78. The molecule has 3 heteroatoms. The Balaban J connectivity index is 1.86.